The van der Waals surface area contributed by atoms with Gasteiger partial charge in [-0.05, 0) is 41.7 Å². The zero-order chi connectivity index (χ0) is 18.6. The lowest BCUT2D eigenvalue weighted by molar-refractivity contribution is -0.167. The highest BCUT2D eigenvalue weighted by atomic mass is 79.9. The molecule has 0 spiro atoms. The van der Waals surface area contributed by atoms with E-state index < -0.39 is 17.1 Å². The minimum atomic E-state index is -1.65. The molecule has 138 valence electrons. The molecule has 0 radical (unpaired) electrons. The van der Waals surface area contributed by atoms with Crippen LogP contribution in [0.4, 0.5) is 0 Å². The average Bonchev–Trinajstić information content (AvgIpc) is 2.90. The van der Waals surface area contributed by atoms with Crippen LogP contribution in [0, 0.1) is 29.1 Å². The zero-order valence-corrected chi connectivity index (χ0v) is 16.8. The van der Waals surface area contributed by atoms with Crippen molar-refractivity contribution in [3.63, 3.8) is 0 Å². The number of halogens is 1. The van der Waals surface area contributed by atoms with Crippen LogP contribution >= 0.6 is 15.9 Å². The minimum Gasteiger partial charge on any atom is -0.392 e. The second-order valence-corrected chi connectivity index (χ2v) is 10.7. The van der Waals surface area contributed by atoms with Crippen LogP contribution in [0.2, 0.25) is 0 Å². The molecule has 0 unspecified atom stereocenters. The van der Waals surface area contributed by atoms with Gasteiger partial charge >= 0.3 is 0 Å². The van der Waals surface area contributed by atoms with Gasteiger partial charge in [-0.2, -0.15) is 0 Å². The topological polar surface area (TPSA) is 77.8 Å². The predicted octanol–water partition coefficient (Wildman–Crippen LogP) is 2.36. The SMILES string of the molecule is CC1=C[C@H]2[C@@]3(O)[C@H](C)C[C@]4(Br)[C@H]([C@@H]3C=C(CO)C[C@]2(O)C1=O)C4(C)C. The number of ketones is 1. The number of carbonyl (C=O) groups is 1. The fourth-order valence-electron chi connectivity index (χ4n) is 6.33. The number of alkyl halides is 1. The molecule has 0 bridgehead atoms. The molecule has 3 N–H and O–H groups in total. The second-order valence-electron chi connectivity index (χ2n) is 9.32. The maximum Gasteiger partial charge on any atom is 0.190 e. The van der Waals surface area contributed by atoms with Gasteiger partial charge in [0.2, 0.25) is 0 Å². The Morgan fingerprint density at radius 1 is 1.28 bits per heavy atom. The molecular formula is C20H27BrO4. The third kappa shape index (κ3) is 1.86. The highest BCUT2D eigenvalue weighted by molar-refractivity contribution is 9.10. The number of rotatable bonds is 1. The summed E-state index contributed by atoms with van der Waals surface area (Å²) < 4.78 is -0.0444. The monoisotopic (exact) mass is 410 g/mol. The molecule has 4 nitrogen and oxygen atoms in total. The van der Waals surface area contributed by atoms with Gasteiger partial charge in [0.15, 0.2) is 5.78 Å². The van der Waals surface area contributed by atoms with Gasteiger partial charge < -0.3 is 15.3 Å². The summed E-state index contributed by atoms with van der Waals surface area (Å²) in [5.74, 6) is -1.04. The Morgan fingerprint density at radius 3 is 2.52 bits per heavy atom. The molecule has 4 rings (SSSR count). The van der Waals surface area contributed by atoms with E-state index in [0.29, 0.717) is 11.1 Å². The van der Waals surface area contributed by atoms with Crippen LogP contribution in [0.1, 0.15) is 40.5 Å². The maximum atomic E-state index is 12.7. The molecule has 4 aliphatic rings. The van der Waals surface area contributed by atoms with E-state index in [0.717, 1.165) is 6.42 Å². The summed E-state index contributed by atoms with van der Waals surface area (Å²) in [5, 5.41) is 33.1. The number of aliphatic hydroxyl groups excluding tert-OH is 1. The molecule has 2 fully saturated rings. The highest BCUT2D eigenvalue weighted by Crippen LogP contribution is 2.78. The van der Waals surface area contributed by atoms with Crippen LogP contribution in [0.15, 0.2) is 23.3 Å². The first-order chi connectivity index (χ1) is 11.4. The van der Waals surface area contributed by atoms with E-state index in [9.17, 15) is 20.1 Å². The van der Waals surface area contributed by atoms with E-state index in [1.165, 1.54) is 0 Å². The number of hydrogen-bond donors (Lipinski definition) is 3. The van der Waals surface area contributed by atoms with Crippen molar-refractivity contribution in [1.82, 2.24) is 0 Å². The highest BCUT2D eigenvalue weighted by Gasteiger charge is 2.79. The normalized spacial score (nSPS) is 53.2. The number of carbonyl (C=O) groups excluding carboxylic acids is 1. The number of hydrogen-bond acceptors (Lipinski definition) is 4. The molecule has 0 saturated heterocycles. The Hall–Kier alpha value is -0.490. The third-order valence-corrected chi connectivity index (χ3v) is 9.68. The minimum absolute atomic E-state index is 0.0112. The lowest BCUT2D eigenvalue weighted by Crippen LogP contribution is -2.60. The molecule has 0 heterocycles. The van der Waals surface area contributed by atoms with Gasteiger partial charge in [0.25, 0.3) is 0 Å². The lowest BCUT2D eigenvalue weighted by Gasteiger charge is -2.50. The van der Waals surface area contributed by atoms with E-state index in [1.807, 2.05) is 13.0 Å². The van der Waals surface area contributed by atoms with E-state index in [1.54, 1.807) is 13.0 Å². The molecule has 0 aromatic rings. The zero-order valence-electron chi connectivity index (χ0n) is 15.2. The summed E-state index contributed by atoms with van der Waals surface area (Å²) in [7, 11) is 0. The van der Waals surface area contributed by atoms with Gasteiger partial charge in [0, 0.05) is 22.6 Å². The van der Waals surface area contributed by atoms with Crippen molar-refractivity contribution in [2.75, 3.05) is 6.61 Å². The molecule has 0 aromatic heterocycles. The quantitative estimate of drug-likeness (QED) is 0.457. The molecule has 5 heteroatoms. The van der Waals surface area contributed by atoms with Crippen LogP contribution in [0.3, 0.4) is 0 Å². The predicted molar refractivity (Wildman–Crippen MR) is 98.1 cm³/mol. The largest absolute Gasteiger partial charge is 0.392 e. The molecule has 2 saturated carbocycles. The van der Waals surface area contributed by atoms with Gasteiger partial charge in [0.1, 0.15) is 5.60 Å². The van der Waals surface area contributed by atoms with Crippen molar-refractivity contribution in [3.8, 4) is 0 Å². The van der Waals surface area contributed by atoms with Gasteiger partial charge in [-0.15, -0.1) is 0 Å². The smallest absolute Gasteiger partial charge is 0.190 e. The van der Waals surface area contributed by atoms with Crippen molar-refractivity contribution in [1.29, 1.82) is 0 Å². The Kier molecular flexibility index (Phi) is 3.48. The van der Waals surface area contributed by atoms with E-state index >= 15 is 0 Å². The first-order valence-electron chi connectivity index (χ1n) is 9.12. The number of fused-ring (bicyclic) bond motifs is 5. The summed E-state index contributed by atoms with van der Waals surface area (Å²) in [6.45, 7) is 7.93. The van der Waals surface area contributed by atoms with Gasteiger partial charge in [-0.25, -0.2) is 0 Å². The molecular weight excluding hydrogens is 384 g/mol. The molecule has 4 aliphatic carbocycles. The fraction of sp³-hybridized carbons (Fsp3) is 0.750. The second kappa shape index (κ2) is 4.86. The van der Waals surface area contributed by atoms with Gasteiger partial charge in [-0.3, -0.25) is 4.79 Å². The van der Waals surface area contributed by atoms with Crippen molar-refractivity contribution in [2.45, 2.75) is 56.1 Å². The molecule has 7 atom stereocenters. The first-order valence-corrected chi connectivity index (χ1v) is 9.91. The van der Waals surface area contributed by atoms with Crippen molar-refractivity contribution in [2.24, 2.45) is 29.1 Å². The first kappa shape index (κ1) is 17.9. The molecule has 0 amide bonds. The summed E-state index contributed by atoms with van der Waals surface area (Å²) in [6.07, 6.45) is 4.62. The Bertz CT molecular complexity index is 725. The van der Waals surface area contributed by atoms with Crippen molar-refractivity contribution in [3.05, 3.63) is 23.3 Å². The van der Waals surface area contributed by atoms with Gasteiger partial charge in [-0.1, -0.05) is 48.9 Å². The van der Waals surface area contributed by atoms with Crippen molar-refractivity contribution >= 4 is 21.7 Å². The Morgan fingerprint density at radius 2 is 1.92 bits per heavy atom. The Labute approximate surface area is 157 Å². The number of aliphatic hydroxyl groups is 3. The van der Waals surface area contributed by atoms with Gasteiger partial charge in [0.05, 0.1) is 12.2 Å². The summed E-state index contributed by atoms with van der Waals surface area (Å²) in [6, 6.07) is 0. The molecule has 25 heavy (non-hydrogen) atoms. The molecule has 0 aliphatic heterocycles. The van der Waals surface area contributed by atoms with Crippen LogP contribution in [-0.2, 0) is 4.79 Å². The Balaban J connectivity index is 1.92. The standard InChI is InChI=1S/C20H27BrO4/c1-10-5-14-18(24,16(10)23)8-12(9-22)6-13-15-17(3,4)19(15,21)7-11(2)20(13,14)25/h5-6,11,13-15,22,24-25H,7-9H2,1-4H3/t11-,13+,14-,15-,18-,19+,20-/m1/s1. The van der Waals surface area contributed by atoms with Crippen LogP contribution in [-0.4, -0.2) is 43.2 Å². The van der Waals surface area contributed by atoms with E-state index in [-0.39, 0.29) is 46.3 Å². The van der Waals surface area contributed by atoms with E-state index in [2.05, 4.69) is 29.8 Å². The number of Topliss-reactive ketones (excluding diaryl/α,β-unsaturated/α-hetero) is 1. The molecule has 0 aromatic carbocycles. The third-order valence-electron chi connectivity index (χ3n) is 7.84. The summed E-state index contributed by atoms with van der Waals surface area (Å²) in [5.41, 5.74) is -1.68. The maximum absolute atomic E-state index is 12.7. The van der Waals surface area contributed by atoms with Crippen LogP contribution in [0.25, 0.3) is 0 Å². The fourth-order valence-corrected chi connectivity index (χ4v) is 7.81. The summed E-state index contributed by atoms with van der Waals surface area (Å²) in [4.78, 5) is 12.7. The average molecular weight is 411 g/mol. The van der Waals surface area contributed by atoms with Crippen LogP contribution < -0.4 is 0 Å². The lowest BCUT2D eigenvalue weighted by atomic mass is 9.60. The van der Waals surface area contributed by atoms with Crippen LogP contribution in [0.5, 0.6) is 0 Å². The van der Waals surface area contributed by atoms with Crippen molar-refractivity contribution < 1.29 is 20.1 Å². The van der Waals surface area contributed by atoms with E-state index in [4.69, 9.17) is 0 Å². The summed E-state index contributed by atoms with van der Waals surface area (Å²) >= 11 is 3.94.